The van der Waals surface area contributed by atoms with E-state index in [4.69, 9.17) is 21.1 Å². The van der Waals surface area contributed by atoms with Crippen molar-refractivity contribution in [2.75, 3.05) is 7.11 Å². The highest BCUT2D eigenvalue weighted by atomic mass is 35.5. The molecule has 30 heavy (non-hydrogen) atoms. The maximum Gasteiger partial charge on any atom is 0.167 e. The van der Waals surface area contributed by atoms with Gasteiger partial charge in [-0.15, -0.1) is 0 Å². The number of aromatic hydroxyl groups is 1. The van der Waals surface area contributed by atoms with Crippen LogP contribution in [0.15, 0.2) is 23.3 Å². The Labute approximate surface area is 183 Å². The van der Waals surface area contributed by atoms with Crippen LogP contribution in [-0.4, -0.2) is 36.0 Å². The number of phenols is 1. The number of ketones is 1. The molecule has 1 atom stereocenters. The van der Waals surface area contributed by atoms with Gasteiger partial charge >= 0.3 is 0 Å². The summed E-state index contributed by atoms with van der Waals surface area (Å²) in [6, 6.07) is 0. The van der Waals surface area contributed by atoms with E-state index in [1.807, 2.05) is 33.8 Å². The maximum atomic E-state index is 12.0. The van der Waals surface area contributed by atoms with Crippen LogP contribution >= 0.6 is 11.6 Å². The van der Waals surface area contributed by atoms with Gasteiger partial charge in [-0.3, -0.25) is 9.59 Å². The van der Waals surface area contributed by atoms with Crippen molar-refractivity contribution in [1.82, 2.24) is 0 Å². The number of methoxy groups -OCH3 is 1. The summed E-state index contributed by atoms with van der Waals surface area (Å²) < 4.78 is 11.2. The molecule has 1 fully saturated rings. The number of carbonyl (C=O) groups is 2. The Balaban J connectivity index is 2.07. The van der Waals surface area contributed by atoms with E-state index in [0.717, 1.165) is 24.0 Å². The molecule has 0 amide bonds. The SMILES string of the molecule is COc1c(Cl)c(C)c(C=O)c(O)c1CC=C(C)CCC=C(C)[C@@H]1CC(=O)C(C)(C)O1. The lowest BCUT2D eigenvalue weighted by atomic mass is 9.98. The first-order chi connectivity index (χ1) is 14.0. The third-order valence-corrected chi connectivity index (χ3v) is 6.17. The fraction of sp³-hybridized carbons (Fsp3) is 0.500. The lowest BCUT2D eigenvalue weighted by Crippen LogP contribution is -2.27. The van der Waals surface area contributed by atoms with Gasteiger partial charge in [0.1, 0.15) is 17.1 Å². The lowest BCUT2D eigenvalue weighted by molar-refractivity contribution is -0.129. The number of aldehydes is 1. The van der Waals surface area contributed by atoms with Crippen LogP contribution in [0.1, 0.15) is 68.4 Å². The first kappa shape index (κ1) is 24.2. The molecular weight excluding hydrogens is 404 g/mol. The Hall–Kier alpha value is -2.11. The number of Topliss-reactive ketones (excluding diaryl/α,β-unsaturated/α-hetero) is 1. The van der Waals surface area contributed by atoms with Crippen LogP contribution in [0, 0.1) is 6.92 Å². The van der Waals surface area contributed by atoms with Crippen molar-refractivity contribution >= 4 is 23.7 Å². The molecule has 0 aliphatic carbocycles. The predicted molar refractivity (Wildman–Crippen MR) is 119 cm³/mol. The average Bonchev–Trinajstić information content (AvgIpc) is 2.96. The molecule has 1 aromatic rings. The molecule has 0 saturated carbocycles. The highest BCUT2D eigenvalue weighted by Crippen LogP contribution is 2.41. The Morgan fingerprint density at radius 3 is 2.53 bits per heavy atom. The molecule has 1 aromatic carbocycles. The molecule has 1 N–H and O–H groups in total. The summed E-state index contributed by atoms with van der Waals surface area (Å²) in [5.74, 6) is 0.438. The van der Waals surface area contributed by atoms with Crippen LogP contribution in [0.2, 0.25) is 5.02 Å². The fourth-order valence-electron chi connectivity index (χ4n) is 3.58. The Kier molecular flexibility index (Phi) is 7.89. The van der Waals surface area contributed by atoms with Gasteiger partial charge in [0.15, 0.2) is 12.1 Å². The van der Waals surface area contributed by atoms with Gasteiger partial charge in [0, 0.05) is 12.0 Å². The van der Waals surface area contributed by atoms with Crippen LogP contribution in [0.5, 0.6) is 11.5 Å². The number of carbonyl (C=O) groups excluding carboxylic acids is 2. The number of rotatable bonds is 8. The van der Waals surface area contributed by atoms with Crippen molar-refractivity contribution in [2.45, 2.75) is 72.0 Å². The molecule has 2 rings (SSSR count). The summed E-state index contributed by atoms with van der Waals surface area (Å²) in [5, 5.41) is 10.8. The first-order valence-corrected chi connectivity index (χ1v) is 10.5. The quantitative estimate of drug-likeness (QED) is 0.430. The lowest BCUT2D eigenvalue weighted by Gasteiger charge is -2.18. The molecule has 1 saturated heterocycles. The van der Waals surface area contributed by atoms with E-state index >= 15 is 0 Å². The number of ether oxygens (including phenoxy) is 2. The molecule has 0 unspecified atom stereocenters. The van der Waals surface area contributed by atoms with Crippen LogP contribution in [-0.2, 0) is 16.0 Å². The fourth-order valence-corrected chi connectivity index (χ4v) is 3.88. The molecule has 0 radical (unpaired) electrons. The molecule has 1 aliphatic rings. The summed E-state index contributed by atoms with van der Waals surface area (Å²) in [6.07, 6.45) is 7.05. The van der Waals surface area contributed by atoms with Gasteiger partial charge in [-0.2, -0.15) is 0 Å². The third-order valence-electron chi connectivity index (χ3n) is 5.72. The van der Waals surface area contributed by atoms with Crippen LogP contribution in [0.25, 0.3) is 0 Å². The number of hydrogen-bond donors (Lipinski definition) is 1. The minimum Gasteiger partial charge on any atom is -0.507 e. The molecule has 0 bridgehead atoms. The van der Waals surface area contributed by atoms with Crippen molar-refractivity contribution in [3.8, 4) is 11.5 Å². The molecule has 0 spiro atoms. The van der Waals surface area contributed by atoms with E-state index in [0.29, 0.717) is 41.0 Å². The van der Waals surface area contributed by atoms with E-state index in [1.54, 1.807) is 6.92 Å². The molecular formula is C24H31ClO5. The smallest absolute Gasteiger partial charge is 0.167 e. The minimum atomic E-state index is -0.702. The van der Waals surface area contributed by atoms with E-state index in [1.165, 1.54) is 7.11 Å². The number of phenolic OH excluding ortho intramolecular Hbond substituents is 1. The second kappa shape index (κ2) is 9.80. The summed E-state index contributed by atoms with van der Waals surface area (Å²) in [6.45, 7) is 9.31. The number of benzene rings is 1. The van der Waals surface area contributed by atoms with Crippen LogP contribution in [0.4, 0.5) is 0 Å². The average molecular weight is 435 g/mol. The van der Waals surface area contributed by atoms with Gasteiger partial charge in [-0.05, 0) is 65.0 Å². The van der Waals surface area contributed by atoms with Gasteiger partial charge in [0.2, 0.25) is 0 Å². The normalized spacial score (nSPS) is 19.3. The zero-order valence-electron chi connectivity index (χ0n) is 18.6. The van der Waals surface area contributed by atoms with Gasteiger partial charge in [-0.25, -0.2) is 0 Å². The van der Waals surface area contributed by atoms with Crippen molar-refractivity contribution in [2.24, 2.45) is 0 Å². The van der Waals surface area contributed by atoms with Crippen molar-refractivity contribution in [1.29, 1.82) is 0 Å². The van der Waals surface area contributed by atoms with E-state index in [-0.39, 0.29) is 23.2 Å². The topological polar surface area (TPSA) is 72.8 Å². The molecule has 164 valence electrons. The Bertz CT molecular complexity index is 896. The Morgan fingerprint density at radius 1 is 1.33 bits per heavy atom. The monoisotopic (exact) mass is 434 g/mol. The zero-order chi connectivity index (χ0) is 22.6. The molecule has 1 heterocycles. The maximum absolute atomic E-state index is 12.0. The first-order valence-electron chi connectivity index (χ1n) is 10.1. The summed E-state index contributed by atoms with van der Waals surface area (Å²) in [5.41, 5.74) is 2.69. The standard InChI is InChI=1S/C24H31ClO5/c1-14(8-7-9-15(2)19-12-20(27)24(4,5)30-19)10-11-17-22(28)18(13-26)16(3)21(25)23(17)29-6/h9-10,13,19,28H,7-8,11-12H2,1-6H3/t19-/m0/s1. The van der Waals surface area contributed by atoms with Crippen molar-refractivity contribution < 1.29 is 24.2 Å². The van der Waals surface area contributed by atoms with Gasteiger partial charge in [0.25, 0.3) is 0 Å². The van der Waals surface area contributed by atoms with Gasteiger partial charge in [0.05, 0.1) is 23.8 Å². The van der Waals surface area contributed by atoms with E-state index < -0.39 is 5.60 Å². The second-order valence-corrected chi connectivity index (χ2v) is 8.69. The second-order valence-electron chi connectivity index (χ2n) is 8.32. The Morgan fingerprint density at radius 2 is 2.00 bits per heavy atom. The number of hydrogen-bond acceptors (Lipinski definition) is 5. The van der Waals surface area contributed by atoms with Crippen LogP contribution in [0.3, 0.4) is 0 Å². The minimum absolute atomic E-state index is 0.0887. The summed E-state index contributed by atoms with van der Waals surface area (Å²) in [7, 11) is 1.49. The van der Waals surface area contributed by atoms with E-state index in [2.05, 4.69) is 6.08 Å². The molecule has 1 aliphatic heterocycles. The highest BCUT2D eigenvalue weighted by molar-refractivity contribution is 6.33. The highest BCUT2D eigenvalue weighted by Gasteiger charge is 2.40. The van der Waals surface area contributed by atoms with Gasteiger partial charge < -0.3 is 14.6 Å². The molecule has 0 aromatic heterocycles. The summed E-state index contributed by atoms with van der Waals surface area (Å²) >= 11 is 6.32. The number of allylic oxidation sites excluding steroid dienone is 3. The van der Waals surface area contributed by atoms with Crippen molar-refractivity contribution in [3.05, 3.63) is 45.0 Å². The van der Waals surface area contributed by atoms with Crippen LogP contribution < -0.4 is 4.74 Å². The third kappa shape index (κ3) is 5.13. The van der Waals surface area contributed by atoms with E-state index in [9.17, 15) is 14.7 Å². The molecule has 5 nitrogen and oxygen atoms in total. The zero-order valence-corrected chi connectivity index (χ0v) is 19.4. The molecule has 6 heteroatoms. The summed E-state index contributed by atoms with van der Waals surface area (Å²) in [4.78, 5) is 23.3. The van der Waals surface area contributed by atoms with Crippen molar-refractivity contribution in [3.63, 3.8) is 0 Å². The van der Waals surface area contributed by atoms with Gasteiger partial charge in [-0.1, -0.05) is 29.3 Å². The number of halogens is 1. The predicted octanol–water partition coefficient (Wildman–Crippen LogP) is 5.53. The largest absolute Gasteiger partial charge is 0.507 e.